The van der Waals surface area contributed by atoms with Crippen LogP contribution >= 0.6 is 0 Å². The molecule has 1 fully saturated rings. The number of hydrogen-bond donors (Lipinski definition) is 1. The van der Waals surface area contributed by atoms with Crippen molar-refractivity contribution in [2.24, 2.45) is 0 Å². The Labute approximate surface area is 96.8 Å². The zero-order chi connectivity index (χ0) is 11.4. The summed E-state index contributed by atoms with van der Waals surface area (Å²) in [4.78, 5) is 4.50. The van der Waals surface area contributed by atoms with Crippen molar-refractivity contribution < 1.29 is 4.52 Å². The lowest BCUT2D eigenvalue weighted by atomic mass is 9.76. The van der Waals surface area contributed by atoms with Crippen LogP contribution in [0.15, 0.2) is 4.52 Å². The predicted octanol–water partition coefficient (Wildman–Crippen LogP) is 2.40. The summed E-state index contributed by atoms with van der Waals surface area (Å²) >= 11 is 0. The molecule has 0 atom stereocenters. The lowest BCUT2D eigenvalue weighted by Crippen LogP contribution is -2.25. The maximum Gasteiger partial charge on any atom is 0.232 e. The van der Waals surface area contributed by atoms with E-state index >= 15 is 0 Å². The summed E-state index contributed by atoms with van der Waals surface area (Å²) in [7, 11) is 0. The molecule has 1 aliphatic rings. The summed E-state index contributed by atoms with van der Waals surface area (Å²) in [5.74, 6) is 1.61. The second kappa shape index (κ2) is 4.95. The topological polar surface area (TPSA) is 51.0 Å². The third kappa shape index (κ3) is 2.43. The van der Waals surface area contributed by atoms with Crippen LogP contribution in [-0.2, 0) is 12.0 Å². The van der Waals surface area contributed by atoms with Crippen LogP contribution in [0, 0.1) is 0 Å². The fourth-order valence-corrected chi connectivity index (χ4v) is 2.35. The van der Waals surface area contributed by atoms with E-state index in [2.05, 4.69) is 29.3 Å². The molecular weight excluding hydrogens is 202 g/mol. The monoisotopic (exact) mass is 223 g/mol. The van der Waals surface area contributed by atoms with Crippen molar-refractivity contribution in [3.8, 4) is 0 Å². The van der Waals surface area contributed by atoms with E-state index in [-0.39, 0.29) is 5.41 Å². The summed E-state index contributed by atoms with van der Waals surface area (Å²) < 4.78 is 5.40. The quantitative estimate of drug-likeness (QED) is 0.851. The van der Waals surface area contributed by atoms with Gasteiger partial charge in [-0.1, -0.05) is 38.3 Å². The number of nitrogens with one attached hydrogen (secondary N) is 1. The van der Waals surface area contributed by atoms with E-state index in [4.69, 9.17) is 4.52 Å². The van der Waals surface area contributed by atoms with Gasteiger partial charge in [0.25, 0.3) is 0 Å². The molecule has 1 saturated carbocycles. The molecule has 4 heteroatoms. The summed E-state index contributed by atoms with van der Waals surface area (Å²) in [6.07, 6.45) is 6.25. The highest BCUT2D eigenvalue weighted by Crippen LogP contribution is 2.37. The molecule has 2 rings (SSSR count). The Morgan fingerprint density at radius 3 is 2.75 bits per heavy atom. The molecule has 0 bridgehead atoms. The van der Waals surface area contributed by atoms with Crippen LogP contribution in [0.3, 0.4) is 0 Å². The Bertz CT molecular complexity index is 329. The molecule has 4 nitrogen and oxygen atoms in total. The van der Waals surface area contributed by atoms with E-state index in [9.17, 15) is 0 Å². The standard InChI is InChI=1S/C12H21N3O/c1-3-13-9-10-14-11(16-15-10)12(2)7-5-4-6-8-12/h13H,3-9H2,1-2H3. The largest absolute Gasteiger partial charge is 0.339 e. The average Bonchev–Trinajstić information content (AvgIpc) is 2.77. The first-order chi connectivity index (χ1) is 7.74. The minimum atomic E-state index is 0.121. The van der Waals surface area contributed by atoms with Crippen molar-refractivity contribution in [1.29, 1.82) is 0 Å². The SMILES string of the molecule is CCNCc1noc(C2(C)CCCCC2)n1. The molecule has 16 heavy (non-hydrogen) atoms. The van der Waals surface area contributed by atoms with Gasteiger partial charge in [0.15, 0.2) is 5.82 Å². The van der Waals surface area contributed by atoms with Gasteiger partial charge >= 0.3 is 0 Å². The second-order valence-corrected chi connectivity index (χ2v) is 4.92. The minimum Gasteiger partial charge on any atom is -0.339 e. The fraction of sp³-hybridized carbons (Fsp3) is 0.833. The van der Waals surface area contributed by atoms with Crippen LogP contribution < -0.4 is 5.32 Å². The first-order valence-electron chi connectivity index (χ1n) is 6.28. The Morgan fingerprint density at radius 1 is 1.31 bits per heavy atom. The highest BCUT2D eigenvalue weighted by Gasteiger charge is 2.34. The minimum absolute atomic E-state index is 0.121. The molecule has 90 valence electrons. The number of nitrogens with zero attached hydrogens (tertiary/aromatic N) is 2. The summed E-state index contributed by atoms with van der Waals surface area (Å²) in [5.41, 5.74) is 0.121. The van der Waals surface area contributed by atoms with Crippen LogP contribution in [0.1, 0.15) is 57.7 Å². The average molecular weight is 223 g/mol. The van der Waals surface area contributed by atoms with Crippen molar-refractivity contribution in [3.63, 3.8) is 0 Å². The second-order valence-electron chi connectivity index (χ2n) is 4.92. The van der Waals surface area contributed by atoms with Gasteiger partial charge < -0.3 is 9.84 Å². The molecule has 1 N–H and O–H groups in total. The third-order valence-electron chi connectivity index (χ3n) is 3.47. The van der Waals surface area contributed by atoms with E-state index in [1.807, 2.05) is 0 Å². The van der Waals surface area contributed by atoms with E-state index in [0.29, 0.717) is 6.54 Å². The summed E-state index contributed by atoms with van der Waals surface area (Å²) in [6, 6.07) is 0. The molecular formula is C12H21N3O. The van der Waals surface area contributed by atoms with Crippen LogP contribution in [0.2, 0.25) is 0 Å². The molecule has 1 aromatic rings. The maximum absolute atomic E-state index is 5.40. The van der Waals surface area contributed by atoms with Crippen LogP contribution in [0.5, 0.6) is 0 Å². The zero-order valence-corrected chi connectivity index (χ0v) is 10.3. The van der Waals surface area contributed by atoms with Crippen LogP contribution in [0.4, 0.5) is 0 Å². The molecule has 0 radical (unpaired) electrons. The van der Waals surface area contributed by atoms with E-state index in [1.54, 1.807) is 0 Å². The highest BCUT2D eigenvalue weighted by atomic mass is 16.5. The van der Waals surface area contributed by atoms with Gasteiger partial charge in [-0.15, -0.1) is 0 Å². The zero-order valence-electron chi connectivity index (χ0n) is 10.3. The maximum atomic E-state index is 5.40. The van der Waals surface area contributed by atoms with Crippen LogP contribution in [0.25, 0.3) is 0 Å². The molecule has 0 aromatic carbocycles. The van der Waals surface area contributed by atoms with Crippen molar-refractivity contribution in [2.45, 2.75) is 57.9 Å². The molecule has 0 aliphatic heterocycles. The molecule has 1 aliphatic carbocycles. The Balaban J connectivity index is 2.05. The molecule has 0 saturated heterocycles. The third-order valence-corrected chi connectivity index (χ3v) is 3.47. The fourth-order valence-electron chi connectivity index (χ4n) is 2.35. The Morgan fingerprint density at radius 2 is 2.06 bits per heavy atom. The first-order valence-corrected chi connectivity index (χ1v) is 6.28. The van der Waals surface area contributed by atoms with E-state index in [0.717, 1.165) is 18.3 Å². The lowest BCUT2D eigenvalue weighted by molar-refractivity contribution is 0.231. The van der Waals surface area contributed by atoms with E-state index in [1.165, 1.54) is 32.1 Å². The first kappa shape index (κ1) is 11.6. The highest BCUT2D eigenvalue weighted by molar-refractivity contribution is 5.04. The predicted molar refractivity (Wildman–Crippen MR) is 62.1 cm³/mol. The van der Waals surface area contributed by atoms with Gasteiger partial charge in [0.2, 0.25) is 5.89 Å². The van der Waals surface area contributed by atoms with Gasteiger partial charge in [-0.25, -0.2) is 0 Å². The van der Waals surface area contributed by atoms with Gasteiger partial charge in [0, 0.05) is 5.41 Å². The van der Waals surface area contributed by atoms with Gasteiger partial charge in [-0.05, 0) is 19.4 Å². The van der Waals surface area contributed by atoms with Gasteiger partial charge in [0.1, 0.15) is 0 Å². The Hall–Kier alpha value is -0.900. The van der Waals surface area contributed by atoms with E-state index < -0.39 is 0 Å². The molecule has 0 spiro atoms. The number of rotatable bonds is 4. The van der Waals surface area contributed by atoms with Crippen molar-refractivity contribution in [2.75, 3.05) is 6.54 Å². The van der Waals surface area contributed by atoms with Gasteiger partial charge in [-0.2, -0.15) is 4.98 Å². The van der Waals surface area contributed by atoms with Crippen molar-refractivity contribution >= 4 is 0 Å². The van der Waals surface area contributed by atoms with Crippen LogP contribution in [-0.4, -0.2) is 16.7 Å². The summed E-state index contributed by atoms with van der Waals surface area (Å²) in [5, 5.41) is 7.23. The van der Waals surface area contributed by atoms with Gasteiger partial charge in [-0.3, -0.25) is 0 Å². The lowest BCUT2D eigenvalue weighted by Gasteiger charge is -2.29. The molecule has 1 aromatic heterocycles. The van der Waals surface area contributed by atoms with Crippen molar-refractivity contribution in [3.05, 3.63) is 11.7 Å². The van der Waals surface area contributed by atoms with Gasteiger partial charge in [0.05, 0.1) is 6.54 Å². The number of hydrogen-bond acceptors (Lipinski definition) is 4. The molecule has 0 amide bonds. The summed E-state index contributed by atoms with van der Waals surface area (Å²) in [6.45, 7) is 5.96. The molecule has 0 unspecified atom stereocenters. The normalized spacial score (nSPS) is 19.9. The smallest absolute Gasteiger partial charge is 0.232 e. The molecule has 1 heterocycles. The number of aromatic nitrogens is 2. The van der Waals surface area contributed by atoms with Crippen molar-refractivity contribution in [1.82, 2.24) is 15.5 Å². The Kier molecular flexibility index (Phi) is 3.59.